The number of hydrogen-bond acceptors (Lipinski definition) is 7. The van der Waals surface area contributed by atoms with Crippen molar-refractivity contribution in [2.45, 2.75) is 13.3 Å². The quantitative estimate of drug-likeness (QED) is 0.428. The predicted molar refractivity (Wildman–Crippen MR) is 138 cm³/mol. The molecule has 1 aromatic carbocycles. The van der Waals surface area contributed by atoms with Crippen LogP contribution in [0.5, 0.6) is 0 Å². The van der Waals surface area contributed by atoms with E-state index in [-0.39, 0.29) is 11.8 Å². The lowest BCUT2D eigenvalue weighted by Gasteiger charge is -2.35. The molecule has 5 heterocycles. The van der Waals surface area contributed by atoms with Crippen LogP contribution < -0.4 is 4.90 Å². The molecule has 2 aliphatic rings. The molecule has 2 saturated heterocycles. The van der Waals surface area contributed by atoms with Crippen LogP contribution in [0.25, 0.3) is 16.9 Å². The van der Waals surface area contributed by atoms with Crippen LogP contribution in [0.3, 0.4) is 0 Å². The normalized spacial score (nSPS) is 18.0. The minimum absolute atomic E-state index is 0.0605. The molecular weight excluding hydrogens is 468 g/mol. The van der Waals surface area contributed by atoms with Gasteiger partial charge < -0.3 is 14.7 Å². The maximum Gasteiger partial charge on any atom is 0.275 e. The van der Waals surface area contributed by atoms with Crippen molar-refractivity contribution in [3.8, 4) is 11.3 Å². The molecule has 0 bridgehead atoms. The van der Waals surface area contributed by atoms with Crippen LogP contribution in [0.4, 0.5) is 5.82 Å². The number of carbonyl (C=O) groups excluding carboxylic acids is 2. The van der Waals surface area contributed by atoms with Crippen LogP contribution in [0.2, 0.25) is 0 Å². The molecule has 2 amide bonds. The second-order valence-corrected chi connectivity index (χ2v) is 9.65. The van der Waals surface area contributed by atoms with Crippen molar-refractivity contribution in [3.05, 3.63) is 72.4 Å². The van der Waals surface area contributed by atoms with Gasteiger partial charge >= 0.3 is 0 Å². The van der Waals surface area contributed by atoms with Gasteiger partial charge in [-0.05, 0) is 24.5 Å². The van der Waals surface area contributed by atoms with Crippen molar-refractivity contribution in [1.82, 2.24) is 34.4 Å². The zero-order chi connectivity index (χ0) is 25.4. The van der Waals surface area contributed by atoms with Crippen molar-refractivity contribution in [1.29, 1.82) is 0 Å². The first-order valence-electron chi connectivity index (χ1n) is 12.6. The Hall–Kier alpha value is -4.34. The molecule has 0 radical (unpaired) electrons. The molecule has 2 aliphatic heterocycles. The number of carbonyl (C=O) groups is 2. The first-order chi connectivity index (χ1) is 18.1. The summed E-state index contributed by atoms with van der Waals surface area (Å²) in [7, 11) is 0. The molecule has 3 aromatic heterocycles. The van der Waals surface area contributed by atoms with Crippen LogP contribution >= 0.6 is 0 Å². The lowest BCUT2D eigenvalue weighted by Crippen LogP contribution is -2.49. The number of likely N-dealkylation sites (tertiary alicyclic amines) is 1. The average Bonchev–Trinajstić information content (AvgIpc) is 3.57. The number of aromatic nitrogens is 5. The van der Waals surface area contributed by atoms with Gasteiger partial charge in [0.25, 0.3) is 11.8 Å². The van der Waals surface area contributed by atoms with E-state index in [0.717, 1.165) is 25.1 Å². The molecule has 37 heavy (non-hydrogen) atoms. The van der Waals surface area contributed by atoms with Gasteiger partial charge in [-0.3, -0.25) is 9.59 Å². The number of fused-ring (bicyclic) bond motifs is 1. The minimum atomic E-state index is -0.100. The van der Waals surface area contributed by atoms with E-state index in [2.05, 4.69) is 26.9 Å². The molecule has 0 N–H and O–H groups in total. The van der Waals surface area contributed by atoms with Gasteiger partial charge in [-0.15, -0.1) is 0 Å². The third kappa shape index (κ3) is 4.39. The van der Waals surface area contributed by atoms with Gasteiger partial charge in [-0.1, -0.05) is 37.3 Å². The fourth-order valence-corrected chi connectivity index (χ4v) is 5.04. The van der Waals surface area contributed by atoms with Crippen LogP contribution in [0, 0.1) is 5.92 Å². The average molecular weight is 497 g/mol. The van der Waals surface area contributed by atoms with Crippen molar-refractivity contribution in [2.24, 2.45) is 5.92 Å². The molecule has 2 fully saturated rings. The Morgan fingerprint density at radius 1 is 0.865 bits per heavy atom. The summed E-state index contributed by atoms with van der Waals surface area (Å²) in [5.41, 5.74) is 2.99. The van der Waals surface area contributed by atoms with E-state index < -0.39 is 0 Å². The maximum atomic E-state index is 13.7. The number of imidazole rings is 1. The van der Waals surface area contributed by atoms with E-state index in [0.29, 0.717) is 60.6 Å². The number of rotatable bonds is 4. The number of benzene rings is 1. The van der Waals surface area contributed by atoms with E-state index in [1.165, 1.54) is 0 Å². The summed E-state index contributed by atoms with van der Waals surface area (Å²) in [6, 6.07) is 13.4. The summed E-state index contributed by atoms with van der Waals surface area (Å²) in [5, 5.41) is 4.41. The van der Waals surface area contributed by atoms with E-state index >= 15 is 0 Å². The predicted octanol–water partition coefficient (Wildman–Crippen LogP) is 2.63. The maximum absolute atomic E-state index is 13.7. The van der Waals surface area contributed by atoms with Crippen molar-refractivity contribution < 1.29 is 9.59 Å². The summed E-state index contributed by atoms with van der Waals surface area (Å²) in [5.74, 6) is 1.07. The van der Waals surface area contributed by atoms with Crippen LogP contribution in [0.15, 0.2) is 61.1 Å². The molecule has 0 spiro atoms. The summed E-state index contributed by atoms with van der Waals surface area (Å²) in [4.78, 5) is 45.8. The van der Waals surface area contributed by atoms with Crippen LogP contribution in [-0.4, -0.2) is 85.4 Å². The second-order valence-electron chi connectivity index (χ2n) is 9.65. The number of nitrogens with zero attached hydrogens (tertiary/aromatic N) is 8. The smallest absolute Gasteiger partial charge is 0.275 e. The molecule has 1 unspecified atom stereocenters. The third-order valence-electron chi connectivity index (χ3n) is 7.10. The molecular formula is C27H28N8O2. The summed E-state index contributed by atoms with van der Waals surface area (Å²) in [6.07, 6.45) is 5.91. The molecule has 0 saturated carbocycles. The summed E-state index contributed by atoms with van der Waals surface area (Å²) in [6.45, 7) is 5.98. The largest absolute Gasteiger partial charge is 0.352 e. The van der Waals surface area contributed by atoms with Crippen LogP contribution in [-0.2, 0) is 0 Å². The Morgan fingerprint density at radius 3 is 2.38 bits per heavy atom. The van der Waals surface area contributed by atoms with Gasteiger partial charge in [0.2, 0.25) is 0 Å². The number of hydrogen-bond donors (Lipinski definition) is 0. The highest BCUT2D eigenvalue weighted by atomic mass is 16.2. The monoisotopic (exact) mass is 496 g/mol. The fraction of sp³-hybridized carbons (Fsp3) is 0.333. The second kappa shape index (κ2) is 9.61. The highest BCUT2D eigenvalue weighted by molar-refractivity contribution is 5.99. The van der Waals surface area contributed by atoms with Gasteiger partial charge in [0.1, 0.15) is 17.2 Å². The summed E-state index contributed by atoms with van der Waals surface area (Å²) < 4.78 is 1.62. The molecule has 0 aliphatic carbocycles. The lowest BCUT2D eigenvalue weighted by molar-refractivity contribution is 0.0737. The Kier molecular flexibility index (Phi) is 5.99. The van der Waals surface area contributed by atoms with E-state index in [9.17, 15) is 9.59 Å². The first kappa shape index (κ1) is 23.1. The zero-order valence-electron chi connectivity index (χ0n) is 20.7. The van der Waals surface area contributed by atoms with Crippen LogP contribution in [0.1, 0.15) is 34.3 Å². The van der Waals surface area contributed by atoms with E-state index in [4.69, 9.17) is 4.98 Å². The fourth-order valence-electron chi connectivity index (χ4n) is 5.04. The Bertz CT molecular complexity index is 1430. The van der Waals surface area contributed by atoms with Gasteiger partial charge in [-0.25, -0.2) is 19.5 Å². The number of piperazine rings is 1. The topological polar surface area (TPSA) is 99.8 Å². The third-order valence-corrected chi connectivity index (χ3v) is 7.10. The standard InChI is InChI=1S/C27H28N8O2/c1-19-9-11-34(18-19)26(36)21-16-29-23(17-28-21)32-12-14-33(15-13-32)27(37)25-24(20-6-3-2-4-7-20)31-22-8-5-10-30-35(22)25/h2-8,10,16-17,19H,9,11-15,18H2,1H3. The lowest BCUT2D eigenvalue weighted by atomic mass is 10.1. The van der Waals surface area contributed by atoms with Gasteiger partial charge in [0.05, 0.1) is 12.4 Å². The molecule has 6 rings (SSSR count). The Labute approximate surface area is 214 Å². The molecule has 1 atom stereocenters. The van der Waals surface area contributed by atoms with Gasteiger partial charge in [0.15, 0.2) is 11.3 Å². The zero-order valence-corrected chi connectivity index (χ0v) is 20.7. The molecule has 4 aromatic rings. The van der Waals surface area contributed by atoms with E-state index in [1.54, 1.807) is 23.1 Å². The van der Waals surface area contributed by atoms with Crippen molar-refractivity contribution in [2.75, 3.05) is 44.2 Å². The molecule has 10 nitrogen and oxygen atoms in total. The Balaban J connectivity index is 1.17. The molecule has 10 heteroatoms. The van der Waals surface area contributed by atoms with Gasteiger partial charge in [-0.2, -0.15) is 5.10 Å². The highest BCUT2D eigenvalue weighted by Crippen LogP contribution is 2.26. The van der Waals surface area contributed by atoms with E-state index in [1.807, 2.05) is 52.3 Å². The van der Waals surface area contributed by atoms with Crippen molar-refractivity contribution in [3.63, 3.8) is 0 Å². The summed E-state index contributed by atoms with van der Waals surface area (Å²) >= 11 is 0. The highest BCUT2D eigenvalue weighted by Gasteiger charge is 2.29. The first-order valence-corrected chi connectivity index (χ1v) is 12.6. The Morgan fingerprint density at radius 2 is 1.68 bits per heavy atom. The van der Waals surface area contributed by atoms with Gasteiger partial charge in [0, 0.05) is 51.0 Å². The van der Waals surface area contributed by atoms with Crippen molar-refractivity contribution >= 4 is 23.3 Å². The number of anilines is 1. The minimum Gasteiger partial charge on any atom is -0.352 e. The molecule has 188 valence electrons. The number of amides is 2. The SMILES string of the molecule is CC1CCN(C(=O)c2cnc(N3CCN(C(=O)c4c(-c5ccccc5)nc5cccnn45)CC3)cn2)C1.